The predicted octanol–water partition coefficient (Wildman–Crippen LogP) is 2.24. The average Bonchev–Trinajstić information content (AvgIpc) is 2.65. The standard InChI is InChI=1S/C19H25N5O/c1-14-5-6-17(13-15(14)2)22-18(25)16(3)23-9-11-24(12-10-23)19-20-7-4-8-21-19/h4-8,13,16H,9-12H2,1-3H3,(H,22,25). The molecular weight excluding hydrogens is 314 g/mol. The van der Waals surface area contributed by atoms with Crippen LogP contribution in [0.4, 0.5) is 11.6 Å². The topological polar surface area (TPSA) is 61.4 Å². The number of aryl methyl sites for hydroxylation is 2. The molecule has 1 aromatic carbocycles. The summed E-state index contributed by atoms with van der Waals surface area (Å²) in [6, 6.07) is 7.66. The van der Waals surface area contributed by atoms with E-state index in [-0.39, 0.29) is 11.9 Å². The minimum Gasteiger partial charge on any atom is -0.338 e. The molecule has 0 bridgehead atoms. The first-order chi connectivity index (χ1) is 12.0. The molecule has 0 radical (unpaired) electrons. The second kappa shape index (κ2) is 7.61. The number of aromatic nitrogens is 2. The van der Waals surface area contributed by atoms with Crippen LogP contribution in [0, 0.1) is 13.8 Å². The fraction of sp³-hybridized carbons (Fsp3) is 0.421. The van der Waals surface area contributed by atoms with Gasteiger partial charge in [0.25, 0.3) is 0 Å². The van der Waals surface area contributed by atoms with E-state index in [4.69, 9.17) is 0 Å². The number of amides is 1. The summed E-state index contributed by atoms with van der Waals surface area (Å²) in [5.74, 6) is 0.794. The van der Waals surface area contributed by atoms with Crippen molar-refractivity contribution in [3.63, 3.8) is 0 Å². The third kappa shape index (κ3) is 4.14. The Kier molecular flexibility index (Phi) is 5.28. The van der Waals surface area contributed by atoms with Gasteiger partial charge in [0.15, 0.2) is 0 Å². The number of carbonyl (C=O) groups excluding carboxylic acids is 1. The van der Waals surface area contributed by atoms with E-state index in [9.17, 15) is 4.79 Å². The lowest BCUT2D eigenvalue weighted by Crippen LogP contribution is -2.53. The molecule has 1 saturated heterocycles. The van der Waals surface area contributed by atoms with Gasteiger partial charge in [0, 0.05) is 44.3 Å². The molecule has 1 unspecified atom stereocenters. The van der Waals surface area contributed by atoms with Crippen molar-refractivity contribution in [2.45, 2.75) is 26.8 Å². The lowest BCUT2D eigenvalue weighted by atomic mass is 10.1. The van der Waals surface area contributed by atoms with Gasteiger partial charge in [-0.1, -0.05) is 6.07 Å². The summed E-state index contributed by atoms with van der Waals surface area (Å²) in [6.07, 6.45) is 3.52. The first-order valence-corrected chi connectivity index (χ1v) is 8.69. The van der Waals surface area contributed by atoms with Gasteiger partial charge >= 0.3 is 0 Å². The minimum atomic E-state index is -0.166. The number of nitrogens with zero attached hydrogens (tertiary/aromatic N) is 4. The van der Waals surface area contributed by atoms with Crippen molar-refractivity contribution < 1.29 is 4.79 Å². The number of anilines is 2. The van der Waals surface area contributed by atoms with E-state index in [2.05, 4.69) is 38.9 Å². The van der Waals surface area contributed by atoms with E-state index < -0.39 is 0 Å². The van der Waals surface area contributed by atoms with Gasteiger partial charge < -0.3 is 10.2 Å². The Labute approximate surface area is 148 Å². The number of hydrogen-bond donors (Lipinski definition) is 1. The third-order valence-corrected chi connectivity index (χ3v) is 4.85. The molecular formula is C19H25N5O. The average molecular weight is 339 g/mol. The molecule has 6 nitrogen and oxygen atoms in total. The Morgan fingerprint density at radius 3 is 2.40 bits per heavy atom. The van der Waals surface area contributed by atoms with Crippen LogP contribution in [0.2, 0.25) is 0 Å². The van der Waals surface area contributed by atoms with Gasteiger partial charge in [-0.15, -0.1) is 0 Å². The molecule has 1 N–H and O–H groups in total. The zero-order valence-electron chi connectivity index (χ0n) is 15.1. The summed E-state index contributed by atoms with van der Waals surface area (Å²) in [7, 11) is 0. The molecule has 1 amide bonds. The number of benzene rings is 1. The Morgan fingerprint density at radius 2 is 1.76 bits per heavy atom. The number of hydrogen-bond acceptors (Lipinski definition) is 5. The van der Waals surface area contributed by atoms with Crippen LogP contribution in [0.1, 0.15) is 18.1 Å². The fourth-order valence-corrected chi connectivity index (χ4v) is 3.00. The Hall–Kier alpha value is -2.47. The number of piperazine rings is 1. The molecule has 1 aliphatic rings. The Morgan fingerprint density at radius 1 is 1.08 bits per heavy atom. The highest BCUT2D eigenvalue weighted by atomic mass is 16.2. The van der Waals surface area contributed by atoms with Crippen molar-refractivity contribution in [3.05, 3.63) is 47.8 Å². The summed E-state index contributed by atoms with van der Waals surface area (Å²) in [5.41, 5.74) is 3.27. The molecule has 1 fully saturated rings. The van der Waals surface area contributed by atoms with Gasteiger partial charge in [0.1, 0.15) is 0 Å². The summed E-state index contributed by atoms with van der Waals surface area (Å²) in [4.78, 5) is 25.5. The minimum absolute atomic E-state index is 0.0349. The van der Waals surface area contributed by atoms with Crippen molar-refractivity contribution in [2.75, 3.05) is 36.4 Å². The van der Waals surface area contributed by atoms with Crippen LogP contribution < -0.4 is 10.2 Å². The molecule has 2 aromatic rings. The van der Waals surface area contributed by atoms with Crippen LogP contribution in [-0.4, -0.2) is 53.0 Å². The molecule has 0 aliphatic carbocycles. The Bertz CT molecular complexity index is 726. The van der Waals surface area contributed by atoms with Crippen molar-refractivity contribution >= 4 is 17.5 Å². The number of carbonyl (C=O) groups is 1. The highest BCUT2D eigenvalue weighted by Gasteiger charge is 2.26. The van der Waals surface area contributed by atoms with Gasteiger partial charge in [-0.3, -0.25) is 9.69 Å². The molecule has 3 rings (SSSR count). The van der Waals surface area contributed by atoms with Crippen LogP contribution in [0.5, 0.6) is 0 Å². The summed E-state index contributed by atoms with van der Waals surface area (Å²) in [6.45, 7) is 9.37. The van der Waals surface area contributed by atoms with Gasteiger partial charge in [-0.05, 0) is 50.1 Å². The quantitative estimate of drug-likeness (QED) is 0.926. The zero-order valence-corrected chi connectivity index (χ0v) is 15.1. The van der Waals surface area contributed by atoms with Crippen LogP contribution >= 0.6 is 0 Å². The maximum atomic E-state index is 12.6. The summed E-state index contributed by atoms with van der Waals surface area (Å²) >= 11 is 0. The van der Waals surface area contributed by atoms with E-state index in [1.807, 2.05) is 31.2 Å². The van der Waals surface area contributed by atoms with E-state index in [1.54, 1.807) is 12.4 Å². The predicted molar refractivity (Wildman–Crippen MR) is 99.8 cm³/mol. The van der Waals surface area contributed by atoms with Crippen molar-refractivity contribution in [1.29, 1.82) is 0 Å². The van der Waals surface area contributed by atoms with Gasteiger partial charge in [0.05, 0.1) is 6.04 Å². The normalized spacial score (nSPS) is 16.5. The highest BCUT2D eigenvalue weighted by molar-refractivity contribution is 5.94. The van der Waals surface area contributed by atoms with Crippen molar-refractivity contribution in [3.8, 4) is 0 Å². The smallest absolute Gasteiger partial charge is 0.241 e. The highest BCUT2D eigenvalue weighted by Crippen LogP contribution is 2.16. The van der Waals surface area contributed by atoms with Gasteiger partial charge in [-0.25, -0.2) is 9.97 Å². The van der Waals surface area contributed by atoms with Crippen LogP contribution in [0.25, 0.3) is 0 Å². The van der Waals surface area contributed by atoms with Gasteiger partial charge in [-0.2, -0.15) is 0 Å². The van der Waals surface area contributed by atoms with E-state index in [0.29, 0.717) is 0 Å². The third-order valence-electron chi connectivity index (χ3n) is 4.85. The molecule has 25 heavy (non-hydrogen) atoms. The lowest BCUT2D eigenvalue weighted by molar-refractivity contribution is -0.120. The molecule has 1 aromatic heterocycles. The maximum Gasteiger partial charge on any atom is 0.241 e. The van der Waals surface area contributed by atoms with Crippen LogP contribution in [-0.2, 0) is 4.79 Å². The molecule has 132 valence electrons. The SMILES string of the molecule is Cc1ccc(NC(=O)C(C)N2CCN(c3ncccn3)CC2)cc1C. The zero-order chi connectivity index (χ0) is 17.8. The first-order valence-electron chi connectivity index (χ1n) is 8.69. The maximum absolute atomic E-state index is 12.6. The lowest BCUT2D eigenvalue weighted by Gasteiger charge is -2.37. The van der Waals surface area contributed by atoms with E-state index in [0.717, 1.165) is 37.8 Å². The summed E-state index contributed by atoms with van der Waals surface area (Å²) < 4.78 is 0. The van der Waals surface area contributed by atoms with Gasteiger partial charge in [0.2, 0.25) is 11.9 Å². The fourth-order valence-electron chi connectivity index (χ4n) is 3.00. The first kappa shape index (κ1) is 17.4. The molecule has 0 saturated carbocycles. The summed E-state index contributed by atoms with van der Waals surface area (Å²) in [5, 5.41) is 3.03. The molecule has 1 atom stereocenters. The van der Waals surface area contributed by atoms with E-state index in [1.165, 1.54) is 11.1 Å². The van der Waals surface area contributed by atoms with Crippen LogP contribution in [0.3, 0.4) is 0 Å². The monoisotopic (exact) mass is 339 g/mol. The van der Waals surface area contributed by atoms with Crippen molar-refractivity contribution in [2.24, 2.45) is 0 Å². The number of rotatable bonds is 4. The largest absolute Gasteiger partial charge is 0.338 e. The molecule has 1 aliphatic heterocycles. The second-order valence-electron chi connectivity index (χ2n) is 6.54. The number of nitrogens with one attached hydrogen (secondary N) is 1. The molecule has 2 heterocycles. The second-order valence-corrected chi connectivity index (χ2v) is 6.54. The van der Waals surface area contributed by atoms with Crippen molar-refractivity contribution in [1.82, 2.24) is 14.9 Å². The van der Waals surface area contributed by atoms with E-state index >= 15 is 0 Å². The van der Waals surface area contributed by atoms with Crippen LogP contribution in [0.15, 0.2) is 36.7 Å². The Balaban J connectivity index is 1.55. The molecule has 6 heteroatoms. The molecule has 0 spiro atoms.